The molecule has 1 aliphatic carbocycles. The summed E-state index contributed by atoms with van der Waals surface area (Å²) >= 11 is 0. The summed E-state index contributed by atoms with van der Waals surface area (Å²) in [6.45, 7) is 13.9. The molecule has 2 aliphatic heterocycles. The average molecular weight is 631 g/mol. The van der Waals surface area contributed by atoms with Gasteiger partial charge in [0, 0.05) is 50.6 Å². The third-order valence-corrected chi connectivity index (χ3v) is 8.11. The predicted octanol–water partition coefficient (Wildman–Crippen LogP) is 3.48. The van der Waals surface area contributed by atoms with Crippen LogP contribution < -0.4 is 19.9 Å². The number of nitrogens with one attached hydrogen (secondary N) is 1. The van der Waals surface area contributed by atoms with Gasteiger partial charge in [-0.1, -0.05) is 0 Å². The van der Waals surface area contributed by atoms with E-state index >= 15 is 0 Å². The molecule has 12 nitrogen and oxygen atoms in total. The molecule has 0 spiro atoms. The van der Waals surface area contributed by atoms with E-state index in [4.69, 9.17) is 14.2 Å². The first-order chi connectivity index (χ1) is 21.1. The fourth-order valence-corrected chi connectivity index (χ4v) is 5.84. The zero-order valence-corrected chi connectivity index (χ0v) is 27.8. The minimum absolute atomic E-state index is 0.0338. The fourth-order valence-electron chi connectivity index (χ4n) is 5.84. The Bertz CT molecular complexity index is 1260. The van der Waals surface area contributed by atoms with Gasteiger partial charge in [0.2, 0.25) is 11.8 Å². The molecule has 2 N–H and O–H groups in total. The maximum atomic E-state index is 14.4. The summed E-state index contributed by atoms with van der Waals surface area (Å²) in [4.78, 5) is 59.2. The first-order valence-corrected chi connectivity index (χ1v) is 16.1. The van der Waals surface area contributed by atoms with Gasteiger partial charge >= 0.3 is 6.09 Å². The van der Waals surface area contributed by atoms with Crippen LogP contribution in [0.25, 0.3) is 0 Å². The number of anilines is 2. The largest absolute Gasteiger partial charge is 0.476 e. The maximum Gasteiger partial charge on any atom is 0.410 e. The molecule has 2 heterocycles. The maximum absolute atomic E-state index is 14.4. The molecule has 0 radical (unpaired) electrons. The van der Waals surface area contributed by atoms with Crippen LogP contribution in [0.4, 0.5) is 16.2 Å². The number of fused-ring (bicyclic) bond motifs is 1. The Morgan fingerprint density at radius 1 is 1.18 bits per heavy atom. The average Bonchev–Trinajstić information content (AvgIpc) is 3.80. The number of carbonyl (C=O) groups is 4. The summed E-state index contributed by atoms with van der Waals surface area (Å²) in [6, 6.07) is 5.12. The summed E-state index contributed by atoms with van der Waals surface area (Å²) < 4.78 is 17.1. The van der Waals surface area contributed by atoms with Crippen molar-refractivity contribution in [3.8, 4) is 5.75 Å². The van der Waals surface area contributed by atoms with Crippen LogP contribution in [0.15, 0.2) is 18.2 Å². The molecule has 1 aromatic carbocycles. The molecule has 3 aliphatic rings. The number of likely N-dealkylation sites (tertiary alicyclic amines) is 1. The Balaban J connectivity index is 1.63. The lowest BCUT2D eigenvalue weighted by Crippen LogP contribution is -2.54. The van der Waals surface area contributed by atoms with Crippen molar-refractivity contribution in [2.75, 3.05) is 49.3 Å². The number of amides is 4. The van der Waals surface area contributed by atoms with E-state index < -0.39 is 29.1 Å². The van der Waals surface area contributed by atoms with Gasteiger partial charge in [0.1, 0.15) is 11.4 Å². The van der Waals surface area contributed by atoms with Crippen molar-refractivity contribution in [3.05, 3.63) is 18.2 Å². The van der Waals surface area contributed by atoms with Gasteiger partial charge in [-0.2, -0.15) is 0 Å². The molecule has 1 aromatic rings. The number of aliphatic hydroxyl groups is 1. The van der Waals surface area contributed by atoms with Gasteiger partial charge in [-0.25, -0.2) is 4.79 Å². The van der Waals surface area contributed by atoms with E-state index in [0.29, 0.717) is 43.3 Å². The number of carbonyl (C=O) groups excluding carboxylic acids is 4. The second-order valence-electron chi connectivity index (χ2n) is 13.8. The number of nitrogens with zero attached hydrogens (tertiary/aromatic N) is 3. The molecule has 0 unspecified atom stereocenters. The summed E-state index contributed by atoms with van der Waals surface area (Å²) in [5.41, 5.74) is -0.647. The second kappa shape index (κ2) is 13.9. The van der Waals surface area contributed by atoms with Gasteiger partial charge in [0.15, 0.2) is 5.60 Å². The highest BCUT2D eigenvalue weighted by atomic mass is 16.6. The molecular formula is C33H50N4O8. The zero-order valence-electron chi connectivity index (χ0n) is 27.8. The Kier molecular flexibility index (Phi) is 10.7. The highest BCUT2D eigenvalue weighted by Gasteiger charge is 2.45. The molecule has 250 valence electrons. The van der Waals surface area contributed by atoms with Crippen LogP contribution >= 0.6 is 0 Å². The number of benzene rings is 1. The van der Waals surface area contributed by atoms with E-state index in [1.807, 2.05) is 19.9 Å². The lowest BCUT2D eigenvalue weighted by molar-refractivity contribution is -0.133. The van der Waals surface area contributed by atoms with Crippen molar-refractivity contribution in [2.24, 2.45) is 11.8 Å². The molecule has 4 amide bonds. The van der Waals surface area contributed by atoms with E-state index in [0.717, 1.165) is 12.8 Å². The van der Waals surface area contributed by atoms with Crippen LogP contribution in [0.2, 0.25) is 0 Å². The van der Waals surface area contributed by atoms with Crippen LogP contribution in [0.1, 0.15) is 74.1 Å². The summed E-state index contributed by atoms with van der Waals surface area (Å²) in [7, 11) is 0. The predicted molar refractivity (Wildman–Crippen MR) is 169 cm³/mol. The van der Waals surface area contributed by atoms with Crippen LogP contribution in [-0.2, 0) is 23.9 Å². The molecule has 45 heavy (non-hydrogen) atoms. The van der Waals surface area contributed by atoms with E-state index in [-0.39, 0.29) is 55.9 Å². The van der Waals surface area contributed by atoms with Gasteiger partial charge in [-0.05, 0) is 92.3 Å². The van der Waals surface area contributed by atoms with Crippen LogP contribution in [-0.4, -0.2) is 96.6 Å². The lowest BCUT2D eigenvalue weighted by Gasteiger charge is -2.40. The van der Waals surface area contributed by atoms with Crippen molar-refractivity contribution in [1.82, 2.24) is 10.2 Å². The van der Waals surface area contributed by atoms with Crippen molar-refractivity contribution in [3.63, 3.8) is 0 Å². The minimum Gasteiger partial charge on any atom is -0.476 e. The highest BCUT2D eigenvalue weighted by Crippen LogP contribution is 2.43. The second-order valence-corrected chi connectivity index (χ2v) is 13.8. The summed E-state index contributed by atoms with van der Waals surface area (Å²) in [5, 5.41) is 12.5. The normalized spacial score (nSPS) is 21.8. The number of hydrogen-bond donors (Lipinski definition) is 2. The van der Waals surface area contributed by atoms with E-state index in [2.05, 4.69) is 5.32 Å². The molecule has 1 saturated heterocycles. The van der Waals surface area contributed by atoms with Gasteiger partial charge < -0.3 is 39.3 Å². The number of piperidine rings is 1. The topological polar surface area (TPSA) is 138 Å². The Morgan fingerprint density at radius 3 is 2.49 bits per heavy atom. The van der Waals surface area contributed by atoms with Crippen molar-refractivity contribution >= 4 is 35.2 Å². The number of rotatable bonds is 11. The Labute approximate surface area is 266 Å². The Morgan fingerprint density at radius 2 is 1.87 bits per heavy atom. The number of ether oxygens (including phenoxy) is 3. The lowest BCUT2D eigenvalue weighted by atomic mass is 9.87. The van der Waals surface area contributed by atoms with E-state index in [1.165, 1.54) is 4.90 Å². The first-order valence-electron chi connectivity index (χ1n) is 16.1. The van der Waals surface area contributed by atoms with Gasteiger partial charge in [-0.15, -0.1) is 0 Å². The number of aliphatic hydroxyl groups excluding tert-OH is 1. The fraction of sp³-hybridized carbons (Fsp3) is 0.697. The first kappa shape index (κ1) is 34.5. The summed E-state index contributed by atoms with van der Waals surface area (Å²) in [6.07, 6.45) is 1.75. The Hall–Kier alpha value is -3.38. The molecule has 3 atom stereocenters. The third kappa shape index (κ3) is 8.46. The van der Waals surface area contributed by atoms with Crippen LogP contribution in [0.3, 0.4) is 0 Å². The van der Waals surface area contributed by atoms with Gasteiger partial charge in [0.05, 0.1) is 24.1 Å². The molecule has 0 bridgehead atoms. The smallest absolute Gasteiger partial charge is 0.410 e. The van der Waals surface area contributed by atoms with Gasteiger partial charge in [-0.3, -0.25) is 14.4 Å². The quantitative estimate of drug-likeness (QED) is 0.379. The van der Waals surface area contributed by atoms with Crippen LogP contribution in [0, 0.1) is 11.8 Å². The monoisotopic (exact) mass is 630 g/mol. The minimum atomic E-state index is -1.07. The van der Waals surface area contributed by atoms with Crippen molar-refractivity contribution in [2.45, 2.75) is 97.4 Å². The van der Waals surface area contributed by atoms with E-state index in [1.54, 1.807) is 56.6 Å². The van der Waals surface area contributed by atoms with Crippen molar-refractivity contribution in [1.29, 1.82) is 0 Å². The third-order valence-electron chi connectivity index (χ3n) is 8.11. The molecule has 4 rings (SSSR count). The summed E-state index contributed by atoms with van der Waals surface area (Å²) in [5.74, 6) is -1.39. The zero-order chi connectivity index (χ0) is 33.1. The molecule has 1 saturated carbocycles. The van der Waals surface area contributed by atoms with Crippen LogP contribution in [0.5, 0.6) is 5.75 Å². The SMILES string of the molecule is CCOC[C@@H](C)NC(=O)[C@H]1C[C@@H](C(=O)N(c2ccc3c(c2)N(CCCO)C(=O)C(C)(C)O3)C2CC2)CN(C(=O)OC(C)(C)C)C1. The van der Waals surface area contributed by atoms with Crippen molar-refractivity contribution < 1.29 is 38.5 Å². The number of hydrogen-bond acceptors (Lipinski definition) is 8. The highest BCUT2D eigenvalue weighted by molar-refractivity contribution is 6.04. The molecular weight excluding hydrogens is 580 g/mol. The van der Waals surface area contributed by atoms with Gasteiger partial charge in [0.25, 0.3) is 5.91 Å². The molecule has 0 aromatic heterocycles. The molecule has 12 heteroatoms. The standard InChI is InChI=1S/C33H50N4O8/c1-8-43-20-21(2)34-28(39)22-16-23(19-35(18-22)31(42)45-32(3,4)5)29(40)37(24-10-11-24)25-12-13-27-26(17-25)36(14-9-15-38)30(41)33(6,7)44-27/h12-13,17,21-24,38H,8-11,14-16,18-20H2,1-7H3,(H,34,39)/t21-,22+,23-/m1/s1. The van der Waals surface area contributed by atoms with E-state index in [9.17, 15) is 24.3 Å². The molecule has 2 fully saturated rings.